The van der Waals surface area contributed by atoms with Crippen molar-refractivity contribution < 1.29 is 21.9 Å². The highest BCUT2D eigenvalue weighted by Crippen LogP contribution is 2.17. The van der Waals surface area contributed by atoms with Crippen LogP contribution in [-0.4, -0.2) is 40.8 Å². The monoisotopic (exact) mass is 292 g/mol. The average Bonchev–Trinajstić information content (AvgIpc) is 2.74. The van der Waals surface area contributed by atoms with E-state index in [-0.39, 0.29) is 6.10 Å². The highest BCUT2D eigenvalue weighted by atomic mass is 32.2. The van der Waals surface area contributed by atoms with Crippen molar-refractivity contribution in [2.45, 2.75) is 17.0 Å². The zero-order chi connectivity index (χ0) is 14.0. The zero-order valence-corrected chi connectivity index (χ0v) is 11.0. The fraction of sp³-hybridized carbons (Fsp3) is 0.455. The van der Waals surface area contributed by atoms with E-state index in [1.165, 1.54) is 7.11 Å². The summed E-state index contributed by atoms with van der Waals surface area (Å²) in [6.45, 7) is 0.899. The Balaban J connectivity index is 2.23. The van der Waals surface area contributed by atoms with Gasteiger partial charge >= 0.3 is 0 Å². The number of hydrogen-bond donors (Lipinski definition) is 2. The number of nitrogens with one attached hydrogen (secondary N) is 2. The van der Waals surface area contributed by atoms with Gasteiger partial charge in [-0.3, -0.25) is 0 Å². The van der Waals surface area contributed by atoms with Crippen LogP contribution in [0.1, 0.15) is 0 Å². The maximum atomic E-state index is 13.5. The predicted molar refractivity (Wildman–Crippen MR) is 64.1 cm³/mol. The smallest absolute Gasteiger partial charge is 0.243 e. The number of methoxy groups -OCH3 is 1. The van der Waals surface area contributed by atoms with Gasteiger partial charge in [0.2, 0.25) is 10.0 Å². The lowest BCUT2D eigenvalue weighted by Gasteiger charge is -2.18. The molecule has 1 saturated heterocycles. The van der Waals surface area contributed by atoms with E-state index in [0.717, 1.165) is 12.1 Å². The summed E-state index contributed by atoms with van der Waals surface area (Å²) in [7, 11) is -2.58. The summed E-state index contributed by atoms with van der Waals surface area (Å²) in [5, 5.41) is 2.97. The molecule has 1 aliphatic rings. The van der Waals surface area contributed by atoms with Gasteiger partial charge < -0.3 is 10.1 Å². The molecule has 1 aliphatic heterocycles. The Bertz CT molecular complexity index is 565. The maximum absolute atomic E-state index is 13.5. The van der Waals surface area contributed by atoms with E-state index in [1.54, 1.807) is 0 Å². The molecule has 0 saturated carbocycles. The molecular weight excluding hydrogens is 278 g/mol. The number of benzene rings is 1. The Kier molecular flexibility index (Phi) is 4.14. The average molecular weight is 292 g/mol. The first-order valence-electron chi connectivity index (χ1n) is 5.65. The van der Waals surface area contributed by atoms with Crippen LogP contribution in [0.5, 0.6) is 0 Å². The van der Waals surface area contributed by atoms with E-state index >= 15 is 0 Å². The summed E-state index contributed by atoms with van der Waals surface area (Å²) in [5.74, 6) is -1.94. The van der Waals surface area contributed by atoms with E-state index in [4.69, 9.17) is 4.74 Å². The van der Waals surface area contributed by atoms with Crippen molar-refractivity contribution in [3.8, 4) is 0 Å². The van der Waals surface area contributed by atoms with Crippen molar-refractivity contribution in [3.63, 3.8) is 0 Å². The third kappa shape index (κ3) is 3.08. The lowest BCUT2D eigenvalue weighted by molar-refractivity contribution is 0.103. The van der Waals surface area contributed by atoms with Crippen LogP contribution in [0, 0.1) is 11.6 Å². The summed E-state index contributed by atoms with van der Waals surface area (Å²) >= 11 is 0. The van der Waals surface area contributed by atoms with Crippen molar-refractivity contribution in [1.82, 2.24) is 10.0 Å². The molecule has 19 heavy (non-hydrogen) atoms. The molecule has 0 aliphatic carbocycles. The number of sulfonamides is 1. The first-order chi connectivity index (χ1) is 8.94. The molecule has 0 aromatic heterocycles. The predicted octanol–water partition coefficient (Wildman–Crippen LogP) is 0.230. The number of halogens is 2. The maximum Gasteiger partial charge on any atom is 0.243 e. The Morgan fingerprint density at radius 2 is 2.11 bits per heavy atom. The highest BCUT2D eigenvalue weighted by molar-refractivity contribution is 7.89. The second-order valence-corrected chi connectivity index (χ2v) is 5.92. The van der Waals surface area contributed by atoms with E-state index in [1.807, 2.05) is 0 Å². The fourth-order valence-electron chi connectivity index (χ4n) is 1.98. The largest absolute Gasteiger partial charge is 0.378 e. The SMILES string of the molecule is CO[C@H]1CNCC1NS(=O)(=O)c1ccc(F)cc1F. The molecule has 106 valence electrons. The van der Waals surface area contributed by atoms with Crippen LogP contribution in [-0.2, 0) is 14.8 Å². The Hall–Kier alpha value is -1.09. The van der Waals surface area contributed by atoms with Crippen molar-refractivity contribution in [1.29, 1.82) is 0 Å². The summed E-state index contributed by atoms with van der Waals surface area (Å²) < 4.78 is 57.8. The fourth-order valence-corrected chi connectivity index (χ4v) is 3.30. The number of hydrogen-bond acceptors (Lipinski definition) is 4. The van der Waals surface area contributed by atoms with Gasteiger partial charge in [-0.2, -0.15) is 0 Å². The van der Waals surface area contributed by atoms with Crippen molar-refractivity contribution in [2.75, 3.05) is 20.2 Å². The minimum absolute atomic E-state index is 0.321. The third-order valence-electron chi connectivity index (χ3n) is 2.95. The van der Waals surface area contributed by atoms with Crippen LogP contribution in [0.4, 0.5) is 8.78 Å². The van der Waals surface area contributed by atoms with Gasteiger partial charge in [-0.05, 0) is 12.1 Å². The normalized spacial score (nSPS) is 23.7. The Labute approximate surface area is 110 Å². The van der Waals surface area contributed by atoms with Gasteiger partial charge in [0.25, 0.3) is 0 Å². The molecule has 2 N–H and O–H groups in total. The second-order valence-electron chi connectivity index (χ2n) is 4.23. The standard InChI is InChI=1S/C11H14F2N2O3S/c1-18-10-6-14-5-9(10)15-19(16,17)11-3-2-7(12)4-8(11)13/h2-4,9-10,14-15H,5-6H2,1H3/t9?,10-/m0/s1. The Morgan fingerprint density at radius 1 is 1.37 bits per heavy atom. The summed E-state index contributed by atoms with van der Waals surface area (Å²) in [6, 6.07) is 1.85. The molecule has 8 heteroatoms. The number of rotatable bonds is 4. The van der Waals surface area contributed by atoms with Crippen LogP contribution >= 0.6 is 0 Å². The summed E-state index contributed by atoms with van der Waals surface area (Å²) in [4.78, 5) is -0.573. The first kappa shape index (κ1) is 14.3. The van der Waals surface area contributed by atoms with Crippen LogP contribution in [0.15, 0.2) is 23.1 Å². The Morgan fingerprint density at radius 3 is 2.74 bits per heavy atom. The van der Waals surface area contributed by atoms with E-state index in [9.17, 15) is 17.2 Å². The molecule has 1 aromatic rings. The van der Waals surface area contributed by atoms with Crippen molar-refractivity contribution in [3.05, 3.63) is 29.8 Å². The van der Waals surface area contributed by atoms with Gasteiger partial charge in [0.1, 0.15) is 16.5 Å². The van der Waals surface area contributed by atoms with E-state index in [0.29, 0.717) is 19.2 Å². The van der Waals surface area contributed by atoms with Gasteiger partial charge in [0.05, 0.1) is 12.1 Å². The molecule has 1 heterocycles. The molecule has 1 unspecified atom stereocenters. The van der Waals surface area contributed by atoms with E-state index in [2.05, 4.69) is 10.0 Å². The highest BCUT2D eigenvalue weighted by Gasteiger charge is 2.32. The van der Waals surface area contributed by atoms with Crippen molar-refractivity contribution in [2.24, 2.45) is 0 Å². The first-order valence-corrected chi connectivity index (χ1v) is 7.13. The van der Waals surface area contributed by atoms with Gasteiger partial charge in [-0.25, -0.2) is 21.9 Å². The minimum Gasteiger partial charge on any atom is -0.378 e. The molecule has 1 aromatic carbocycles. The molecule has 1 fully saturated rings. The zero-order valence-electron chi connectivity index (χ0n) is 10.2. The quantitative estimate of drug-likeness (QED) is 0.833. The number of ether oxygens (including phenoxy) is 1. The molecule has 2 atom stereocenters. The molecule has 5 nitrogen and oxygen atoms in total. The van der Waals surface area contributed by atoms with Crippen LogP contribution < -0.4 is 10.0 Å². The van der Waals surface area contributed by atoms with Gasteiger partial charge in [-0.1, -0.05) is 0 Å². The molecule has 2 rings (SSSR count). The lowest BCUT2D eigenvalue weighted by Crippen LogP contribution is -2.43. The topological polar surface area (TPSA) is 67.4 Å². The van der Waals surface area contributed by atoms with Crippen LogP contribution in [0.25, 0.3) is 0 Å². The molecule has 0 spiro atoms. The van der Waals surface area contributed by atoms with E-state index < -0.39 is 32.6 Å². The van der Waals surface area contributed by atoms with Gasteiger partial charge in [0, 0.05) is 26.3 Å². The molecule has 0 amide bonds. The summed E-state index contributed by atoms with van der Waals surface area (Å²) in [5.41, 5.74) is 0. The molecule has 0 radical (unpaired) electrons. The van der Waals surface area contributed by atoms with Gasteiger partial charge in [-0.15, -0.1) is 0 Å². The van der Waals surface area contributed by atoms with Crippen LogP contribution in [0.2, 0.25) is 0 Å². The third-order valence-corrected chi connectivity index (χ3v) is 4.47. The van der Waals surface area contributed by atoms with Crippen LogP contribution in [0.3, 0.4) is 0 Å². The molecular formula is C11H14F2N2O3S. The van der Waals surface area contributed by atoms with Gasteiger partial charge in [0.15, 0.2) is 0 Å². The summed E-state index contributed by atoms with van der Waals surface area (Å²) in [6.07, 6.45) is -0.321. The second kappa shape index (κ2) is 5.49. The lowest BCUT2D eigenvalue weighted by atomic mass is 10.2. The minimum atomic E-state index is -4.05. The van der Waals surface area contributed by atoms with Crippen molar-refractivity contribution >= 4 is 10.0 Å². The molecule has 0 bridgehead atoms.